The van der Waals surface area contributed by atoms with Crippen molar-refractivity contribution in [3.05, 3.63) is 66.2 Å². The summed E-state index contributed by atoms with van der Waals surface area (Å²) < 4.78 is 20.6. The van der Waals surface area contributed by atoms with Gasteiger partial charge in [-0.1, -0.05) is 29.4 Å². The molecule has 6 nitrogen and oxygen atoms in total. The molecular weight excluding hydrogens is 335 g/mol. The highest BCUT2D eigenvalue weighted by atomic mass is 19.1. The summed E-state index contributed by atoms with van der Waals surface area (Å²) in [4.78, 5) is 19.0. The molecule has 0 unspecified atom stereocenters. The molecule has 4 aromatic rings. The van der Waals surface area contributed by atoms with E-state index in [-0.39, 0.29) is 17.5 Å². The molecular formula is C19H13FN4O2. The van der Waals surface area contributed by atoms with Crippen LogP contribution in [0.5, 0.6) is 0 Å². The Morgan fingerprint density at radius 1 is 1.08 bits per heavy atom. The Bertz CT molecular complexity index is 1150. The Morgan fingerprint density at radius 2 is 1.96 bits per heavy atom. The third kappa shape index (κ3) is 2.21. The van der Waals surface area contributed by atoms with Crippen LogP contribution in [0.3, 0.4) is 0 Å². The molecule has 0 spiro atoms. The summed E-state index contributed by atoms with van der Waals surface area (Å²) in [5, 5.41) is 3.90. The SMILES string of the molecule is O=C(c1cc(-c2cccc(F)c2)no1)N1CCn2c1nc1ccccc12. The van der Waals surface area contributed by atoms with E-state index in [4.69, 9.17) is 4.52 Å². The van der Waals surface area contributed by atoms with Crippen LogP contribution >= 0.6 is 0 Å². The van der Waals surface area contributed by atoms with Gasteiger partial charge in [0.15, 0.2) is 0 Å². The first-order valence-corrected chi connectivity index (χ1v) is 8.20. The number of carbonyl (C=O) groups excluding carboxylic acids is 1. The Morgan fingerprint density at radius 3 is 2.85 bits per heavy atom. The molecule has 1 aliphatic heterocycles. The second-order valence-electron chi connectivity index (χ2n) is 6.10. The molecule has 0 N–H and O–H groups in total. The quantitative estimate of drug-likeness (QED) is 0.556. The first kappa shape index (κ1) is 14.8. The molecule has 0 fully saturated rings. The fourth-order valence-corrected chi connectivity index (χ4v) is 3.27. The molecule has 1 amide bonds. The summed E-state index contributed by atoms with van der Waals surface area (Å²) in [7, 11) is 0. The average molecular weight is 348 g/mol. The summed E-state index contributed by atoms with van der Waals surface area (Å²) in [5.41, 5.74) is 2.82. The topological polar surface area (TPSA) is 64.2 Å². The molecule has 0 atom stereocenters. The predicted molar refractivity (Wildman–Crippen MR) is 93.3 cm³/mol. The Kier molecular flexibility index (Phi) is 3.15. The lowest BCUT2D eigenvalue weighted by Gasteiger charge is -2.10. The first-order chi connectivity index (χ1) is 12.7. The van der Waals surface area contributed by atoms with E-state index < -0.39 is 0 Å². The van der Waals surface area contributed by atoms with Crippen LogP contribution in [0.15, 0.2) is 59.1 Å². The minimum atomic E-state index is -0.369. The smallest absolute Gasteiger partial charge is 0.299 e. The molecule has 128 valence electrons. The lowest BCUT2D eigenvalue weighted by Crippen LogP contribution is -2.29. The zero-order valence-electron chi connectivity index (χ0n) is 13.6. The maximum absolute atomic E-state index is 13.4. The van der Waals surface area contributed by atoms with Gasteiger partial charge >= 0.3 is 0 Å². The summed E-state index contributed by atoms with van der Waals surface area (Å²) in [6, 6.07) is 15.3. The van der Waals surface area contributed by atoms with Crippen molar-refractivity contribution < 1.29 is 13.7 Å². The fourth-order valence-electron chi connectivity index (χ4n) is 3.27. The molecule has 26 heavy (non-hydrogen) atoms. The van der Waals surface area contributed by atoms with Crippen molar-refractivity contribution in [1.82, 2.24) is 14.7 Å². The van der Waals surface area contributed by atoms with Crippen LogP contribution in [-0.4, -0.2) is 27.2 Å². The molecule has 2 aromatic heterocycles. The number of halogens is 1. The number of nitrogens with zero attached hydrogens (tertiary/aromatic N) is 4. The van der Waals surface area contributed by atoms with E-state index in [0.29, 0.717) is 30.3 Å². The summed E-state index contributed by atoms with van der Waals surface area (Å²) >= 11 is 0. The van der Waals surface area contributed by atoms with Crippen LogP contribution < -0.4 is 4.90 Å². The van der Waals surface area contributed by atoms with Gasteiger partial charge in [0.1, 0.15) is 11.5 Å². The predicted octanol–water partition coefficient (Wildman–Crippen LogP) is 3.49. The van der Waals surface area contributed by atoms with Crippen LogP contribution in [0.4, 0.5) is 10.3 Å². The van der Waals surface area contributed by atoms with Crippen molar-refractivity contribution in [1.29, 1.82) is 0 Å². The molecule has 5 rings (SSSR count). The highest BCUT2D eigenvalue weighted by Crippen LogP contribution is 2.29. The maximum Gasteiger partial charge on any atom is 0.299 e. The van der Waals surface area contributed by atoms with E-state index >= 15 is 0 Å². The van der Waals surface area contributed by atoms with Gasteiger partial charge in [0.05, 0.1) is 11.0 Å². The number of hydrogen-bond donors (Lipinski definition) is 0. The van der Waals surface area contributed by atoms with Gasteiger partial charge in [0.2, 0.25) is 11.7 Å². The zero-order chi connectivity index (χ0) is 17.7. The molecule has 0 radical (unpaired) electrons. The van der Waals surface area contributed by atoms with Gasteiger partial charge in [0.25, 0.3) is 5.91 Å². The van der Waals surface area contributed by atoms with Gasteiger partial charge in [0, 0.05) is 24.7 Å². The van der Waals surface area contributed by atoms with Crippen LogP contribution in [0.1, 0.15) is 10.6 Å². The van der Waals surface area contributed by atoms with Crippen LogP contribution in [-0.2, 0) is 6.54 Å². The van der Waals surface area contributed by atoms with Gasteiger partial charge in [-0.2, -0.15) is 0 Å². The summed E-state index contributed by atoms with van der Waals surface area (Å²) in [6.07, 6.45) is 0. The highest BCUT2D eigenvalue weighted by Gasteiger charge is 2.31. The highest BCUT2D eigenvalue weighted by molar-refractivity contribution is 6.05. The largest absolute Gasteiger partial charge is 0.350 e. The van der Waals surface area contributed by atoms with E-state index in [9.17, 15) is 9.18 Å². The number of hydrogen-bond acceptors (Lipinski definition) is 4. The minimum absolute atomic E-state index is 0.102. The Balaban J connectivity index is 1.49. The number of aromatic nitrogens is 3. The van der Waals surface area contributed by atoms with Gasteiger partial charge < -0.3 is 9.09 Å². The molecule has 3 heterocycles. The van der Waals surface area contributed by atoms with Crippen molar-refractivity contribution in [2.45, 2.75) is 6.54 Å². The summed E-state index contributed by atoms with van der Waals surface area (Å²) in [5.74, 6) is 0.0190. The number of anilines is 1. The molecule has 0 saturated heterocycles. The number of imidazole rings is 1. The van der Waals surface area contributed by atoms with Gasteiger partial charge in [-0.15, -0.1) is 0 Å². The van der Waals surface area contributed by atoms with Gasteiger partial charge in [-0.05, 0) is 24.3 Å². The van der Waals surface area contributed by atoms with E-state index in [0.717, 1.165) is 11.0 Å². The fraction of sp³-hybridized carbons (Fsp3) is 0.105. The molecule has 2 aromatic carbocycles. The molecule has 1 aliphatic rings. The number of benzene rings is 2. The van der Waals surface area contributed by atoms with Crippen molar-refractivity contribution in [2.24, 2.45) is 0 Å². The Hall–Kier alpha value is -3.48. The molecule has 0 aliphatic carbocycles. The van der Waals surface area contributed by atoms with E-state index in [1.165, 1.54) is 18.2 Å². The van der Waals surface area contributed by atoms with Crippen LogP contribution in [0.2, 0.25) is 0 Å². The van der Waals surface area contributed by atoms with Crippen molar-refractivity contribution >= 4 is 22.9 Å². The summed E-state index contributed by atoms with van der Waals surface area (Å²) in [6.45, 7) is 1.19. The van der Waals surface area contributed by atoms with E-state index in [1.54, 1.807) is 17.0 Å². The third-order valence-electron chi connectivity index (χ3n) is 4.51. The number of para-hydroxylation sites is 2. The number of carbonyl (C=O) groups is 1. The normalized spacial score (nSPS) is 13.3. The Labute approximate surface area is 147 Å². The molecule has 7 heteroatoms. The van der Waals surface area contributed by atoms with Crippen molar-refractivity contribution in [3.63, 3.8) is 0 Å². The monoisotopic (exact) mass is 348 g/mol. The van der Waals surface area contributed by atoms with Crippen LogP contribution in [0, 0.1) is 5.82 Å². The second kappa shape index (κ2) is 5.52. The first-order valence-electron chi connectivity index (χ1n) is 8.20. The molecule has 0 saturated carbocycles. The van der Waals surface area contributed by atoms with Crippen molar-refractivity contribution in [3.8, 4) is 11.3 Å². The number of fused-ring (bicyclic) bond motifs is 3. The molecule has 0 bridgehead atoms. The minimum Gasteiger partial charge on any atom is -0.350 e. The van der Waals surface area contributed by atoms with Gasteiger partial charge in [-0.25, -0.2) is 9.37 Å². The van der Waals surface area contributed by atoms with Gasteiger partial charge in [-0.3, -0.25) is 9.69 Å². The maximum atomic E-state index is 13.4. The van der Waals surface area contributed by atoms with Crippen molar-refractivity contribution in [2.75, 3.05) is 11.4 Å². The van der Waals surface area contributed by atoms with E-state index in [1.807, 2.05) is 28.8 Å². The zero-order valence-corrected chi connectivity index (χ0v) is 13.6. The number of amides is 1. The van der Waals surface area contributed by atoms with Crippen LogP contribution in [0.25, 0.3) is 22.3 Å². The van der Waals surface area contributed by atoms with E-state index in [2.05, 4.69) is 10.1 Å². The average Bonchev–Trinajstić information content (AvgIpc) is 3.36. The third-order valence-corrected chi connectivity index (χ3v) is 4.51. The standard InChI is InChI=1S/C19H13FN4O2/c20-13-5-3-4-12(10-13)15-11-17(26-22-15)18(25)24-9-8-23-16-7-2-1-6-14(16)21-19(23)24/h1-7,10-11H,8-9H2. The lowest BCUT2D eigenvalue weighted by molar-refractivity contribution is 0.0953. The second-order valence-corrected chi connectivity index (χ2v) is 6.10. The lowest BCUT2D eigenvalue weighted by atomic mass is 10.1. The number of rotatable bonds is 2.